The summed E-state index contributed by atoms with van der Waals surface area (Å²) in [5.41, 5.74) is 9.55. The number of hydrogen-bond donors (Lipinski definition) is 0. The van der Waals surface area contributed by atoms with Gasteiger partial charge in [-0.2, -0.15) is 0 Å². The van der Waals surface area contributed by atoms with Crippen molar-refractivity contribution in [2.24, 2.45) is 0 Å². The molecule has 8 heteroatoms. The summed E-state index contributed by atoms with van der Waals surface area (Å²) in [6.45, 7) is 17.4. The third-order valence-electron chi connectivity index (χ3n) is 11.2. The number of fused-ring (bicyclic) bond motifs is 7. The normalized spacial score (nSPS) is 12.4. The predicted molar refractivity (Wildman–Crippen MR) is 250 cm³/mol. The van der Waals surface area contributed by atoms with E-state index in [0.717, 1.165) is 66.5 Å². The van der Waals surface area contributed by atoms with Crippen LogP contribution in [0.1, 0.15) is 53.0 Å². The molecule has 1 radical (unpaired) electrons. The van der Waals surface area contributed by atoms with Gasteiger partial charge >= 0.3 is 0 Å². The summed E-state index contributed by atoms with van der Waals surface area (Å²) in [7, 11) is -1.50. The third-order valence-corrected chi connectivity index (χ3v) is 13.2. The van der Waals surface area contributed by atoms with Crippen molar-refractivity contribution in [1.82, 2.24) is 19.5 Å². The van der Waals surface area contributed by atoms with Crippen molar-refractivity contribution in [3.05, 3.63) is 163 Å². The van der Waals surface area contributed by atoms with Gasteiger partial charge in [-0.25, -0.2) is 9.37 Å². The number of aromatic nitrogens is 4. The fourth-order valence-electron chi connectivity index (χ4n) is 8.00. The predicted octanol–water partition coefficient (Wildman–Crippen LogP) is 13.7. The zero-order valence-electron chi connectivity index (χ0n) is 36.6. The second kappa shape index (κ2) is 16.2. The topological polar surface area (TPSA) is 56.7 Å². The number of benzene rings is 6. The van der Waals surface area contributed by atoms with E-state index in [-0.39, 0.29) is 31.3 Å². The Morgan fingerprint density at radius 3 is 2.26 bits per heavy atom. The Balaban J connectivity index is 0.000000214. The van der Waals surface area contributed by atoms with Gasteiger partial charge in [0.2, 0.25) is 5.71 Å². The zero-order chi connectivity index (χ0) is 42.8. The van der Waals surface area contributed by atoms with E-state index >= 15 is 0 Å². The molecule has 0 saturated heterocycles. The number of imidazole rings is 1. The monoisotopic (exact) mass is 996 g/mol. The van der Waals surface area contributed by atoms with Crippen molar-refractivity contribution in [2.75, 3.05) is 0 Å². The van der Waals surface area contributed by atoms with Gasteiger partial charge in [0, 0.05) is 49.5 Å². The molecular formula is C53H47FIrN4OSi-2. The van der Waals surface area contributed by atoms with Crippen molar-refractivity contribution >= 4 is 68.0 Å². The summed E-state index contributed by atoms with van der Waals surface area (Å²) in [5.74, 6) is -0.191. The van der Waals surface area contributed by atoms with Crippen LogP contribution in [0.15, 0.2) is 138 Å². The molecule has 6 aromatic carbocycles. The van der Waals surface area contributed by atoms with E-state index in [1.54, 1.807) is 12.1 Å². The summed E-state index contributed by atoms with van der Waals surface area (Å²) in [6, 6.07) is 48.3. The summed E-state index contributed by atoms with van der Waals surface area (Å²) >= 11 is 0. The molecule has 10 aromatic rings. The van der Waals surface area contributed by atoms with Gasteiger partial charge in [-0.15, -0.1) is 54.1 Å². The third kappa shape index (κ3) is 7.85. The van der Waals surface area contributed by atoms with Gasteiger partial charge in [-0.3, -0.25) is 4.98 Å². The molecule has 307 valence electrons. The Labute approximate surface area is 372 Å². The van der Waals surface area contributed by atoms with Gasteiger partial charge in [-0.05, 0) is 69.5 Å². The first-order valence-corrected chi connectivity index (χ1v) is 23.9. The maximum Gasteiger partial charge on any atom is 0.216 e. The molecule has 0 unspecified atom stereocenters. The standard InChI is InChI=1S/C36H25FN3O.C17H22NSi.Ir/c1-36(2,3)22-15-17-23(18-16-22)40-31-19-14-21-8-4-5-9-24(21)32(31)39-34(40)26-11-6-10-25-27-20-28-29(37)12-7-13-30(28)38-35(27)41-33(25)26;1-13(2)15-11-16(14-9-7-6-8-10-14)18-12-17(15)19(3,4)5;/h4-10,12-20H,1-3H3;6-9,11-13H,1-5H3;/q2*-1;/i;13D;. The number of rotatable bonds is 5. The molecule has 0 N–H and O–H groups in total. The SMILES string of the molecule is CC(C)(C)c1ccc(-n2c(-c3[c-]ccc4c3oc3nc5cccc(F)c5cc34)nc3c4ccccc4ccc32)cc1.[2H]C(C)(C)c1cc(-c2[c-]cccc2)ncc1[Si](C)(C)C.[Ir]. The molecule has 0 aliphatic heterocycles. The van der Waals surface area contributed by atoms with Gasteiger partial charge < -0.3 is 14.0 Å². The van der Waals surface area contributed by atoms with Crippen LogP contribution in [0.5, 0.6) is 0 Å². The Morgan fingerprint density at radius 1 is 0.770 bits per heavy atom. The smallest absolute Gasteiger partial charge is 0.216 e. The molecule has 0 aliphatic rings. The molecule has 5 nitrogen and oxygen atoms in total. The van der Waals surface area contributed by atoms with Crippen LogP contribution >= 0.6 is 0 Å². The van der Waals surface area contributed by atoms with E-state index < -0.39 is 14.0 Å². The van der Waals surface area contributed by atoms with Gasteiger partial charge in [-0.1, -0.05) is 125 Å². The minimum Gasteiger partial charge on any atom is -0.486 e. The van der Waals surface area contributed by atoms with Crippen molar-refractivity contribution in [3.63, 3.8) is 0 Å². The molecule has 0 fully saturated rings. The van der Waals surface area contributed by atoms with E-state index in [1.165, 1.54) is 16.8 Å². The second-order valence-corrected chi connectivity index (χ2v) is 22.7. The number of halogens is 1. The van der Waals surface area contributed by atoms with E-state index in [1.807, 2.05) is 74.6 Å². The van der Waals surface area contributed by atoms with Crippen molar-refractivity contribution in [3.8, 4) is 28.3 Å². The van der Waals surface area contributed by atoms with Crippen LogP contribution in [0.3, 0.4) is 0 Å². The molecule has 0 bridgehead atoms. The fraction of sp³-hybridized carbons (Fsp3) is 0.189. The first kappa shape index (κ1) is 40.6. The van der Waals surface area contributed by atoms with Gasteiger partial charge in [0.25, 0.3) is 0 Å². The Morgan fingerprint density at radius 2 is 1.54 bits per heavy atom. The maximum atomic E-state index is 14.7. The molecular weight excluding hydrogens is 948 g/mol. The van der Waals surface area contributed by atoms with Gasteiger partial charge in [0.15, 0.2) is 0 Å². The quantitative estimate of drug-likeness (QED) is 0.127. The zero-order valence-corrected chi connectivity index (χ0v) is 39.0. The second-order valence-electron chi connectivity index (χ2n) is 17.7. The Kier molecular flexibility index (Phi) is 10.8. The van der Waals surface area contributed by atoms with Crippen LogP contribution in [-0.2, 0) is 25.5 Å². The summed E-state index contributed by atoms with van der Waals surface area (Å²) in [6.07, 6.45) is 1.98. The van der Waals surface area contributed by atoms with Crippen LogP contribution < -0.4 is 5.19 Å². The Bertz CT molecular complexity index is 3270. The molecule has 4 heterocycles. The molecule has 0 amide bonds. The molecule has 0 spiro atoms. The number of hydrogen-bond acceptors (Lipinski definition) is 4. The molecule has 0 saturated carbocycles. The number of furan rings is 1. The van der Waals surface area contributed by atoms with Crippen LogP contribution in [0.2, 0.25) is 19.6 Å². The van der Waals surface area contributed by atoms with Crippen LogP contribution in [0.25, 0.3) is 83.1 Å². The summed E-state index contributed by atoms with van der Waals surface area (Å²) < 4.78 is 31.7. The Hall–Kier alpha value is -5.79. The first-order chi connectivity index (χ1) is 29.1. The summed E-state index contributed by atoms with van der Waals surface area (Å²) in [5, 5.41) is 5.56. The molecule has 10 rings (SSSR count). The maximum absolute atomic E-state index is 14.7. The van der Waals surface area contributed by atoms with Gasteiger partial charge in [0.1, 0.15) is 5.82 Å². The largest absolute Gasteiger partial charge is 0.486 e. The molecule has 4 aromatic heterocycles. The van der Waals surface area contributed by atoms with Crippen LogP contribution in [0.4, 0.5) is 4.39 Å². The van der Waals surface area contributed by atoms with Crippen molar-refractivity contribution < 1.29 is 30.3 Å². The fourth-order valence-corrected chi connectivity index (χ4v) is 9.58. The van der Waals surface area contributed by atoms with Crippen LogP contribution in [-0.4, -0.2) is 27.6 Å². The minimum absolute atomic E-state index is 0. The molecule has 0 atom stereocenters. The average molecular weight is 996 g/mol. The van der Waals surface area contributed by atoms with E-state index in [4.69, 9.17) is 10.8 Å². The summed E-state index contributed by atoms with van der Waals surface area (Å²) in [4.78, 5) is 14.5. The van der Waals surface area contributed by atoms with Crippen molar-refractivity contribution in [1.29, 1.82) is 0 Å². The minimum atomic E-state index is -1.50. The van der Waals surface area contributed by atoms with Crippen molar-refractivity contribution in [2.45, 2.75) is 65.6 Å². The first-order valence-electron chi connectivity index (χ1n) is 20.9. The van der Waals surface area contributed by atoms with Gasteiger partial charge in [0.05, 0.1) is 36.0 Å². The van der Waals surface area contributed by atoms with E-state index in [0.29, 0.717) is 22.2 Å². The number of nitrogens with zero attached hydrogens (tertiary/aromatic N) is 4. The van der Waals surface area contributed by atoms with E-state index in [2.05, 4.69) is 122 Å². The molecule has 61 heavy (non-hydrogen) atoms. The molecule has 0 aliphatic carbocycles. The average Bonchev–Trinajstić information content (AvgIpc) is 3.81. The van der Waals surface area contributed by atoms with Crippen LogP contribution in [0, 0.1) is 17.9 Å². The van der Waals surface area contributed by atoms with E-state index in [9.17, 15) is 4.39 Å². The number of pyridine rings is 2.